The van der Waals surface area contributed by atoms with Crippen molar-refractivity contribution in [3.8, 4) is 5.75 Å². The molecule has 0 heterocycles. The van der Waals surface area contributed by atoms with Crippen molar-refractivity contribution < 1.29 is 9.13 Å². The fourth-order valence-electron chi connectivity index (χ4n) is 1.89. The maximum atomic E-state index is 13.8. The predicted molar refractivity (Wildman–Crippen MR) is 86.0 cm³/mol. The normalized spacial score (nSPS) is 10.8. The van der Waals surface area contributed by atoms with E-state index in [0.29, 0.717) is 22.1 Å². The molecule has 0 radical (unpaired) electrons. The molecule has 0 atom stereocenters. The van der Waals surface area contributed by atoms with Gasteiger partial charge in [-0.3, -0.25) is 0 Å². The minimum Gasteiger partial charge on any atom is -0.488 e. The highest BCUT2D eigenvalue weighted by atomic mass is 35.5. The summed E-state index contributed by atoms with van der Waals surface area (Å²) in [6.07, 6.45) is -0.126. The smallest absolute Gasteiger partial charge is 0.167 e. The van der Waals surface area contributed by atoms with Crippen LogP contribution in [0.25, 0.3) is 0 Å². The lowest BCUT2D eigenvalue weighted by atomic mass is 10.2. The van der Waals surface area contributed by atoms with Crippen LogP contribution in [-0.4, -0.2) is 6.10 Å². The van der Waals surface area contributed by atoms with E-state index in [2.05, 4.69) is 5.32 Å². The Labute approximate surface area is 128 Å². The second-order valence-corrected chi connectivity index (χ2v) is 5.55. The van der Waals surface area contributed by atoms with E-state index >= 15 is 0 Å². The molecule has 0 fully saturated rings. The van der Waals surface area contributed by atoms with E-state index in [1.165, 1.54) is 6.07 Å². The number of nitrogens with one attached hydrogen (secondary N) is 1. The minimum absolute atomic E-state index is 0.126. The number of hydrogen-bond acceptors (Lipinski definition) is 3. The summed E-state index contributed by atoms with van der Waals surface area (Å²) in [5.74, 6) is -0.327. The largest absolute Gasteiger partial charge is 0.488 e. The maximum Gasteiger partial charge on any atom is 0.167 e. The van der Waals surface area contributed by atoms with Crippen molar-refractivity contribution in [1.29, 1.82) is 0 Å². The number of benzene rings is 2. The monoisotopic (exact) mass is 308 g/mol. The molecule has 0 aliphatic rings. The van der Waals surface area contributed by atoms with Crippen LogP contribution in [0.5, 0.6) is 5.75 Å². The molecule has 3 N–H and O–H groups in total. The molecular formula is C16H18ClFN2O. The summed E-state index contributed by atoms with van der Waals surface area (Å²) in [5, 5.41) is 3.68. The van der Waals surface area contributed by atoms with Crippen molar-refractivity contribution in [3.63, 3.8) is 0 Å². The third kappa shape index (κ3) is 3.79. The summed E-state index contributed by atoms with van der Waals surface area (Å²) in [6.45, 7) is 5.62. The van der Waals surface area contributed by atoms with Gasteiger partial charge >= 0.3 is 0 Å². The summed E-state index contributed by atoms with van der Waals surface area (Å²) in [5.41, 5.74) is 8.45. The van der Waals surface area contributed by atoms with Gasteiger partial charge in [-0.25, -0.2) is 4.39 Å². The van der Waals surface area contributed by atoms with E-state index < -0.39 is 5.82 Å². The molecule has 5 heteroatoms. The fraction of sp³-hybridized carbons (Fsp3) is 0.250. The number of nitrogens with two attached hydrogens (primary N) is 1. The fourth-order valence-corrected chi connectivity index (χ4v) is 2.17. The predicted octanol–water partition coefficient (Wildman–Crippen LogP) is 4.90. The highest BCUT2D eigenvalue weighted by Crippen LogP contribution is 2.33. The van der Waals surface area contributed by atoms with E-state index in [9.17, 15) is 4.39 Å². The molecule has 2 aromatic carbocycles. The minimum atomic E-state index is -0.484. The van der Waals surface area contributed by atoms with E-state index in [4.69, 9.17) is 22.1 Å². The molecule has 0 spiro atoms. The molecule has 0 unspecified atom stereocenters. The van der Waals surface area contributed by atoms with Gasteiger partial charge in [0.15, 0.2) is 11.6 Å². The first-order valence-corrected chi connectivity index (χ1v) is 7.03. The molecule has 21 heavy (non-hydrogen) atoms. The zero-order valence-electron chi connectivity index (χ0n) is 12.2. The number of anilines is 3. The summed E-state index contributed by atoms with van der Waals surface area (Å²) in [6, 6.07) is 8.40. The Morgan fingerprint density at radius 1 is 1.19 bits per heavy atom. The van der Waals surface area contributed by atoms with Gasteiger partial charge in [-0.05, 0) is 38.5 Å². The van der Waals surface area contributed by atoms with Crippen LogP contribution >= 0.6 is 11.6 Å². The Hall–Kier alpha value is -1.94. The average Bonchev–Trinajstić information content (AvgIpc) is 2.37. The highest BCUT2D eigenvalue weighted by molar-refractivity contribution is 6.33. The highest BCUT2D eigenvalue weighted by Gasteiger charge is 2.12. The molecular weight excluding hydrogens is 291 g/mol. The third-order valence-corrected chi connectivity index (χ3v) is 3.17. The van der Waals surface area contributed by atoms with Gasteiger partial charge in [-0.15, -0.1) is 0 Å². The van der Waals surface area contributed by atoms with Crippen LogP contribution in [0.15, 0.2) is 30.3 Å². The van der Waals surface area contributed by atoms with Crippen LogP contribution < -0.4 is 15.8 Å². The molecule has 0 saturated heterocycles. The summed E-state index contributed by atoms with van der Waals surface area (Å²) in [4.78, 5) is 0. The number of rotatable bonds is 4. The van der Waals surface area contributed by atoms with Crippen LogP contribution in [0.1, 0.15) is 19.4 Å². The van der Waals surface area contributed by atoms with Crippen molar-refractivity contribution in [2.75, 3.05) is 11.1 Å². The van der Waals surface area contributed by atoms with Crippen LogP contribution in [-0.2, 0) is 0 Å². The Bertz CT molecular complexity index is 659. The van der Waals surface area contributed by atoms with Gasteiger partial charge < -0.3 is 15.8 Å². The lowest BCUT2D eigenvalue weighted by Gasteiger charge is -2.15. The van der Waals surface area contributed by atoms with Crippen LogP contribution in [0, 0.1) is 12.7 Å². The average molecular weight is 309 g/mol. The second-order valence-electron chi connectivity index (χ2n) is 5.14. The summed E-state index contributed by atoms with van der Waals surface area (Å²) >= 11 is 6.18. The van der Waals surface area contributed by atoms with Gasteiger partial charge in [0.2, 0.25) is 0 Å². The van der Waals surface area contributed by atoms with Crippen LogP contribution in [0.2, 0.25) is 5.02 Å². The van der Waals surface area contributed by atoms with Crippen LogP contribution in [0.4, 0.5) is 21.5 Å². The van der Waals surface area contributed by atoms with E-state index in [1.54, 1.807) is 6.07 Å². The molecule has 3 nitrogen and oxygen atoms in total. The molecule has 0 bridgehead atoms. The van der Waals surface area contributed by atoms with Crippen molar-refractivity contribution in [2.45, 2.75) is 26.9 Å². The van der Waals surface area contributed by atoms with E-state index in [0.717, 1.165) is 5.56 Å². The standard InChI is InChI=1S/C16H18ClFN2O/c1-9(2)21-16-8-15(13(19)7-12(16)18)20-14-5-4-10(3)6-11(14)17/h4-9,20H,19H2,1-3H3. The molecule has 0 amide bonds. The Morgan fingerprint density at radius 3 is 2.52 bits per heavy atom. The quantitative estimate of drug-likeness (QED) is 0.790. The lowest BCUT2D eigenvalue weighted by Crippen LogP contribution is -2.08. The first-order valence-electron chi connectivity index (χ1n) is 6.65. The zero-order chi connectivity index (χ0) is 15.6. The van der Waals surface area contributed by atoms with Gasteiger partial charge in [-0.1, -0.05) is 17.7 Å². The molecule has 2 rings (SSSR count). The molecule has 0 aromatic heterocycles. The number of aryl methyl sites for hydroxylation is 1. The number of hydrogen-bond donors (Lipinski definition) is 2. The number of halogens is 2. The summed E-state index contributed by atoms with van der Waals surface area (Å²) < 4.78 is 19.2. The number of ether oxygens (including phenoxy) is 1. The molecule has 0 aliphatic carbocycles. The molecule has 0 saturated carbocycles. The topological polar surface area (TPSA) is 47.3 Å². The van der Waals surface area contributed by atoms with Crippen molar-refractivity contribution >= 4 is 28.7 Å². The van der Waals surface area contributed by atoms with Crippen molar-refractivity contribution in [3.05, 3.63) is 46.7 Å². The molecule has 0 aliphatic heterocycles. The van der Waals surface area contributed by atoms with Gasteiger partial charge in [-0.2, -0.15) is 0 Å². The van der Waals surface area contributed by atoms with E-state index in [1.807, 2.05) is 39.0 Å². The molecule has 112 valence electrons. The first-order chi connectivity index (χ1) is 9.86. The van der Waals surface area contributed by atoms with E-state index in [-0.39, 0.29) is 11.9 Å². The zero-order valence-corrected chi connectivity index (χ0v) is 13.0. The lowest BCUT2D eigenvalue weighted by molar-refractivity contribution is 0.231. The Morgan fingerprint density at radius 2 is 1.90 bits per heavy atom. The van der Waals surface area contributed by atoms with Crippen LogP contribution in [0.3, 0.4) is 0 Å². The van der Waals surface area contributed by atoms with Crippen molar-refractivity contribution in [2.24, 2.45) is 0 Å². The molecule has 2 aromatic rings. The second kappa shape index (κ2) is 6.22. The van der Waals surface area contributed by atoms with Gasteiger partial charge in [0.05, 0.1) is 28.2 Å². The van der Waals surface area contributed by atoms with Crippen molar-refractivity contribution in [1.82, 2.24) is 0 Å². The number of nitrogen functional groups attached to an aromatic ring is 1. The summed E-state index contributed by atoms with van der Waals surface area (Å²) in [7, 11) is 0. The Balaban J connectivity index is 2.34. The first kappa shape index (κ1) is 15.4. The van der Waals surface area contributed by atoms with Gasteiger partial charge in [0.25, 0.3) is 0 Å². The van der Waals surface area contributed by atoms with Gasteiger partial charge in [0, 0.05) is 12.1 Å². The van der Waals surface area contributed by atoms with Gasteiger partial charge in [0.1, 0.15) is 0 Å². The maximum absolute atomic E-state index is 13.8. The third-order valence-electron chi connectivity index (χ3n) is 2.86. The Kier molecular flexibility index (Phi) is 4.58. The SMILES string of the molecule is Cc1ccc(Nc2cc(OC(C)C)c(F)cc2N)c(Cl)c1.